The van der Waals surface area contributed by atoms with Crippen molar-refractivity contribution < 1.29 is 14.3 Å². The number of ether oxygens (including phenoxy) is 1. The Morgan fingerprint density at radius 2 is 2.29 bits per heavy atom. The molecule has 0 saturated carbocycles. The molecule has 14 heavy (non-hydrogen) atoms. The molecule has 1 amide bonds. The number of nitrogens with one attached hydrogen (secondary N) is 1. The highest BCUT2D eigenvalue weighted by atomic mass is 16.5. The molecule has 1 heterocycles. The number of aldehydes is 1. The van der Waals surface area contributed by atoms with Crippen LogP contribution < -0.4 is 10.1 Å². The highest BCUT2D eigenvalue weighted by molar-refractivity contribution is 5.98. The molecule has 0 fully saturated rings. The maximum Gasteiger partial charge on any atom is 0.262 e. The highest BCUT2D eigenvalue weighted by Gasteiger charge is 2.18. The van der Waals surface area contributed by atoms with Crippen molar-refractivity contribution in [1.82, 2.24) is 0 Å². The molecule has 1 aliphatic rings. The predicted octanol–water partition coefficient (Wildman–Crippen LogP) is 1.14. The van der Waals surface area contributed by atoms with Crippen molar-refractivity contribution in [2.45, 2.75) is 6.92 Å². The minimum absolute atomic E-state index is 0.0346. The average molecular weight is 191 g/mol. The van der Waals surface area contributed by atoms with Crippen LogP contribution in [0, 0.1) is 6.92 Å². The fraction of sp³-hybridized carbons (Fsp3) is 0.200. The number of rotatable bonds is 1. The summed E-state index contributed by atoms with van der Waals surface area (Å²) in [7, 11) is 0. The van der Waals surface area contributed by atoms with Gasteiger partial charge in [-0.2, -0.15) is 0 Å². The summed E-state index contributed by atoms with van der Waals surface area (Å²) in [5, 5.41) is 2.68. The van der Waals surface area contributed by atoms with Gasteiger partial charge in [0, 0.05) is 5.56 Å². The van der Waals surface area contributed by atoms with Gasteiger partial charge in [0.2, 0.25) is 0 Å². The van der Waals surface area contributed by atoms with E-state index in [0.717, 1.165) is 11.8 Å². The molecule has 1 aromatic carbocycles. The van der Waals surface area contributed by atoms with E-state index in [2.05, 4.69) is 5.32 Å². The molecule has 1 N–H and O–H groups in total. The van der Waals surface area contributed by atoms with Gasteiger partial charge in [0.15, 0.2) is 6.61 Å². The quantitative estimate of drug-likeness (QED) is 0.677. The number of amides is 1. The maximum absolute atomic E-state index is 11.1. The molecule has 0 radical (unpaired) electrons. The Hall–Kier alpha value is -1.84. The molecular formula is C10H9NO3. The molecule has 0 unspecified atom stereocenters. The van der Waals surface area contributed by atoms with E-state index in [-0.39, 0.29) is 12.5 Å². The van der Waals surface area contributed by atoms with Crippen LogP contribution in [0.5, 0.6) is 5.75 Å². The summed E-state index contributed by atoms with van der Waals surface area (Å²) in [6, 6.07) is 3.37. The molecule has 4 nitrogen and oxygen atoms in total. The lowest BCUT2D eigenvalue weighted by molar-refractivity contribution is -0.118. The fourth-order valence-corrected chi connectivity index (χ4v) is 1.43. The first-order valence-electron chi connectivity index (χ1n) is 4.24. The van der Waals surface area contributed by atoms with E-state index in [9.17, 15) is 9.59 Å². The van der Waals surface area contributed by atoms with Gasteiger partial charge in [-0.05, 0) is 24.6 Å². The monoisotopic (exact) mass is 191 g/mol. The summed E-state index contributed by atoms with van der Waals surface area (Å²) in [4.78, 5) is 21.7. The van der Waals surface area contributed by atoms with Gasteiger partial charge >= 0.3 is 0 Å². The summed E-state index contributed by atoms with van der Waals surface area (Å²) >= 11 is 0. The van der Waals surface area contributed by atoms with Crippen molar-refractivity contribution in [1.29, 1.82) is 0 Å². The Kier molecular flexibility index (Phi) is 1.96. The van der Waals surface area contributed by atoms with Gasteiger partial charge in [0.25, 0.3) is 5.91 Å². The molecule has 0 saturated heterocycles. The van der Waals surface area contributed by atoms with E-state index in [4.69, 9.17) is 4.74 Å². The van der Waals surface area contributed by atoms with Crippen molar-refractivity contribution in [3.63, 3.8) is 0 Å². The number of hydrogen-bond acceptors (Lipinski definition) is 3. The topological polar surface area (TPSA) is 55.4 Å². The van der Waals surface area contributed by atoms with Crippen molar-refractivity contribution >= 4 is 17.9 Å². The summed E-state index contributed by atoms with van der Waals surface area (Å²) in [5.74, 6) is 0.427. The summed E-state index contributed by atoms with van der Waals surface area (Å²) in [6.45, 7) is 1.81. The molecule has 0 bridgehead atoms. The minimum atomic E-state index is -0.191. The predicted molar refractivity (Wildman–Crippen MR) is 50.7 cm³/mol. The van der Waals surface area contributed by atoms with E-state index in [1.165, 1.54) is 0 Å². The largest absolute Gasteiger partial charge is 0.482 e. The lowest BCUT2D eigenvalue weighted by atomic mass is 10.1. The zero-order chi connectivity index (χ0) is 10.1. The van der Waals surface area contributed by atoms with E-state index < -0.39 is 0 Å². The van der Waals surface area contributed by atoms with Crippen molar-refractivity contribution in [3.8, 4) is 5.75 Å². The molecule has 1 aliphatic heterocycles. The Bertz CT molecular complexity index is 412. The second kappa shape index (κ2) is 3.14. The zero-order valence-electron chi connectivity index (χ0n) is 7.66. The average Bonchev–Trinajstić information content (AvgIpc) is 2.20. The normalized spacial score (nSPS) is 13.9. The Morgan fingerprint density at radius 1 is 1.50 bits per heavy atom. The SMILES string of the molecule is Cc1c(C=O)ccc2c1NC(=O)CO2. The van der Waals surface area contributed by atoms with Crippen LogP contribution >= 0.6 is 0 Å². The van der Waals surface area contributed by atoms with E-state index in [1.807, 2.05) is 0 Å². The van der Waals surface area contributed by atoms with Crippen LogP contribution in [0.1, 0.15) is 15.9 Å². The number of anilines is 1. The van der Waals surface area contributed by atoms with Crippen molar-refractivity contribution in [2.75, 3.05) is 11.9 Å². The van der Waals surface area contributed by atoms with E-state index in [1.54, 1.807) is 19.1 Å². The minimum Gasteiger partial charge on any atom is -0.482 e. The lowest BCUT2D eigenvalue weighted by Gasteiger charge is -2.20. The summed E-state index contributed by atoms with van der Waals surface area (Å²) in [6.07, 6.45) is 0.760. The van der Waals surface area contributed by atoms with Gasteiger partial charge in [-0.15, -0.1) is 0 Å². The molecule has 0 aromatic heterocycles. The number of fused-ring (bicyclic) bond motifs is 1. The first kappa shape index (κ1) is 8.74. The van der Waals surface area contributed by atoms with Gasteiger partial charge in [0.1, 0.15) is 12.0 Å². The summed E-state index contributed by atoms with van der Waals surface area (Å²) in [5.41, 5.74) is 1.91. The van der Waals surface area contributed by atoms with Crippen molar-refractivity contribution in [2.24, 2.45) is 0 Å². The molecule has 0 atom stereocenters. The van der Waals surface area contributed by atoms with Crippen LogP contribution in [0.2, 0.25) is 0 Å². The van der Waals surface area contributed by atoms with Gasteiger partial charge in [-0.3, -0.25) is 9.59 Å². The van der Waals surface area contributed by atoms with E-state index >= 15 is 0 Å². The molecule has 4 heteroatoms. The number of hydrogen-bond donors (Lipinski definition) is 1. The van der Waals surface area contributed by atoms with E-state index in [0.29, 0.717) is 17.0 Å². The smallest absolute Gasteiger partial charge is 0.262 e. The standard InChI is InChI=1S/C10H9NO3/c1-6-7(4-12)2-3-8-10(6)11-9(13)5-14-8/h2-4H,5H2,1H3,(H,11,13). The molecular weight excluding hydrogens is 182 g/mol. The highest BCUT2D eigenvalue weighted by Crippen LogP contribution is 2.32. The molecule has 1 aromatic rings. The third kappa shape index (κ3) is 1.25. The Labute approximate surface area is 80.9 Å². The van der Waals surface area contributed by atoms with Gasteiger partial charge < -0.3 is 10.1 Å². The summed E-state index contributed by atoms with van der Waals surface area (Å²) < 4.78 is 5.19. The second-order valence-corrected chi connectivity index (χ2v) is 3.11. The Balaban J connectivity index is 2.55. The maximum atomic E-state index is 11.1. The van der Waals surface area contributed by atoms with Crippen LogP contribution in [0.15, 0.2) is 12.1 Å². The zero-order valence-corrected chi connectivity index (χ0v) is 7.66. The lowest BCUT2D eigenvalue weighted by Crippen LogP contribution is -2.26. The van der Waals surface area contributed by atoms with Crippen molar-refractivity contribution in [3.05, 3.63) is 23.3 Å². The third-order valence-corrected chi connectivity index (χ3v) is 2.22. The number of carbonyl (C=O) groups is 2. The van der Waals surface area contributed by atoms with Crippen LogP contribution in [-0.4, -0.2) is 18.8 Å². The molecule has 0 spiro atoms. The number of benzene rings is 1. The van der Waals surface area contributed by atoms with Gasteiger partial charge in [0.05, 0.1) is 5.69 Å². The molecule has 72 valence electrons. The first-order chi connectivity index (χ1) is 6.72. The van der Waals surface area contributed by atoms with Gasteiger partial charge in [-0.1, -0.05) is 0 Å². The number of carbonyl (C=O) groups excluding carboxylic acids is 2. The fourth-order valence-electron chi connectivity index (χ4n) is 1.43. The first-order valence-corrected chi connectivity index (χ1v) is 4.24. The van der Waals surface area contributed by atoms with Crippen LogP contribution in [0.4, 0.5) is 5.69 Å². The second-order valence-electron chi connectivity index (χ2n) is 3.11. The third-order valence-electron chi connectivity index (χ3n) is 2.22. The van der Waals surface area contributed by atoms with Crippen LogP contribution in [0.25, 0.3) is 0 Å². The van der Waals surface area contributed by atoms with Crippen LogP contribution in [-0.2, 0) is 4.79 Å². The molecule has 0 aliphatic carbocycles. The molecule has 2 rings (SSSR count). The van der Waals surface area contributed by atoms with Gasteiger partial charge in [-0.25, -0.2) is 0 Å². The van der Waals surface area contributed by atoms with Crippen LogP contribution in [0.3, 0.4) is 0 Å². The Morgan fingerprint density at radius 3 is 3.00 bits per heavy atom.